The van der Waals surface area contributed by atoms with Crippen molar-refractivity contribution in [3.63, 3.8) is 0 Å². The Morgan fingerprint density at radius 2 is 1.92 bits per heavy atom. The summed E-state index contributed by atoms with van der Waals surface area (Å²) in [5.74, 6) is 0.0167. The normalized spacial score (nSPS) is 17.0. The number of carbonyl (C=O) groups excluding carboxylic acids is 1. The van der Waals surface area contributed by atoms with Crippen LogP contribution >= 0.6 is 0 Å². The summed E-state index contributed by atoms with van der Waals surface area (Å²) in [5.41, 5.74) is 4.09. The second-order valence-electron chi connectivity index (χ2n) is 7.81. The minimum absolute atomic E-state index is 0.0167. The van der Waals surface area contributed by atoms with Crippen LogP contribution in [0.1, 0.15) is 73.4 Å². The average molecular weight is 352 g/mol. The first-order chi connectivity index (χ1) is 12.7. The van der Waals surface area contributed by atoms with E-state index in [9.17, 15) is 9.59 Å². The number of benzene rings is 1. The number of carbonyl (C=O) groups is 1. The molecule has 0 atom stereocenters. The van der Waals surface area contributed by atoms with E-state index >= 15 is 0 Å². The van der Waals surface area contributed by atoms with Crippen LogP contribution in [0.25, 0.3) is 10.9 Å². The van der Waals surface area contributed by atoms with E-state index in [1.807, 2.05) is 22.8 Å². The Balaban J connectivity index is 1.86. The zero-order valence-corrected chi connectivity index (χ0v) is 15.6. The maximum absolute atomic E-state index is 13.1. The first-order valence-electron chi connectivity index (χ1n) is 10.2. The van der Waals surface area contributed by atoms with Crippen LogP contribution in [0.4, 0.5) is 0 Å². The molecule has 0 spiro atoms. The highest BCUT2D eigenvalue weighted by Gasteiger charge is 2.24. The number of rotatable bonds is 5. The minimum atomic E-state index is 0.0167. The molecule has 1 fully saturated rings. The van der Waals surface area contributed by atoms with Crippen LogP contribution in [0.15, 0.2) is 23.0 Å². The van der Waals surface area contributed by atoms with E-state index in [0.29, 0.717) is 6.04 Å². The van der Waals surface area contributed by atoms with Crippen molar-refractivity contribution < 1.29 is 4.79 Å². The van der Waals surface area contributed by atoms with Gasteiger partial charge in [0.15, 0.2) is 0 Å². The van der Waals surface area contributed by atoms with Gasteiger partial charge in [-0.2, -0.15) is 0 Å². The average Bonchev–Trinajstić information content (AvgIpc) is 3.47. The summed E-state index contributed by atoms with van der Waals surface area (Å²) < 4.78 is 1.95. The summed E-state index contributed by atoms with van der Waals surface area (Å²) >= 11 is 0. The number of nitrogens with one attached hydrogen (secondary N) is 1. The molecule has 1 heterocycles. The van der Waals surface area contributed by atoms with Gasteiger partial charge in [-0.1, -0.05) is 19.8 Å². The quantitative estimate of drug-likeness (QED) is 0.828. The number of aryl methyl sites for hydroxylation is 2. The largest absolute Gasteiger partial charge is 0.349 e. The monoisotopic (exact) mass is 352 g/mol. The smallest absolute Gasteiger partial charge is 0.254 e. The molecular formula is C22H28N2O2. The van der Waals surface area contributed by atoms with Crippen molar-refractivity contribution in [3.8, 4) is 0 Å². The van der Waals surface area contributed by atoms with Gasteiger partial charge in [0.1, 0.15) is 0 Å². The fourth-order valence-electron chi connectivity index (χ4n) is 4.08. The van der Waals surface area contributed by atoms with Gasteiger partial charge in [-0.15, -0.1) is 0 Å². The first kappa shape index (κ1) is 17.3. The molecule has 0 radical (unpaired) electrons. The van der Waals surface area contributed by atoms with Crippen LogP contribution in [0, 0.1) is 0 Å². The van der Waals surface area contributed by atoms with Gasteiger partial charge in [0.25, 0.3) is 11.5 Å². The number of aromatic nitrogens is 1. The predicted octanol–water partition coefficient (Wildman–Crippen LogP) is 3.96. The van der Waals surface area contributed by atoms with E-state index in [2.05, 4.69) is 12.2 Å². The highest BCUT2D eigenvalue weighted by atomic mass is 16.1. The summed E-state index contributed by atoms with van der Waals surface area (Å²) in [6, 6.07) is 6.25. The molecule has 2 aliphatic rings. The maximum Gasteiger partial charge on any atom is 0.254 e. The third-order valence-corrected chi connectivity index (χ3v) is 5.74. The van der Waals surface area contributed by atoms with Gasteiger partial charge in [0.2, 0.25) is 0 Å². The molecule has 4 nitrogen and oxygen atoms in total. The molecule has 138 valence electrons. The van der Waals surface area contributed by atoms with Gasteiger partial charge in [-0.25, -0.2) is 0 Å². The van der Waals surface area contributed by atoms with Crippen LogP contribution in [-0.4, -0.2) is 16.5 Å². The number of hydrogen-bond acceptors (Lipinski definition) is 2. The molecule has 1 saturated carbocycles. The number of nitrogens with zero attached hydrogens (tertiary/aromatic N) is 1. The van der Waals surface area contributed by atoms with Crippen LogP contribution in [0.5, 0.6) is 0 Å². The second kappa shape index (κ2) is 7.26. The summed E-state index contributed by atoms with van der Waals surface area (Å²) in [6.07, 6.45) is 9.44. The first-order valence-corrected chi connectivity index (χ1v) is 10.2. The number of hydrogen-bond donors (Lipinski definition) is 1. The summed E-state index contributed by atoms with van der Waals surface area (Å²) in [5, 5.41) is 4.19. The van der Waals surface area contributed by atoms with Gasteiger partial charge in [0.05, 0.1) is 5.52 Å². The Morgan fingerprint density at radius 1 is 1.15 bits per heavy atom. The lowest BCUT2D eigenvalue weighted by Crippen LogP contribution is -2.27. The van der Waals surface area contributed by atoms with Crippen molar-refractivity contribution in [2.24, 2.45) is 0 Å². The lowest BCUT2D eigenvalue weighted by atomic mass is 9.97. The molecular weight excluding hydrogens is 324 g/mol. The zero-order chi connectivity index (χ0) is 18.1. The van der Waals surface area contributed by atoms with Crippen molar-refractivity contribution in [2.45, 2.75) is 77.3 Å². The fourth-order valence-corrected chi connectivity index (χ4v) is 4.08. The molecule has 1 aromatic carbocycles. The number of amides is 1. The zero-order valence-electron chi connectivity index (χ0n) is 15.6. The SMILES string of the molecule is CCCCn1c(=O)c2c(c3cc(C(=O)NC4CC4)ccc31)CCCCC2. The van der Waals surface area contributed by atoms with Crippen molar-refractivity contribution in [1.82, 2.24) is 9.88 Å². The number of fused-ring (bicyclic) bond motifs is 3. The molecule has 1 N–H and O–H groups in total. The van der Waals surface area contributed by atoms with Crippen LogP contribution in [0.2, 0.25) is 0 Å². The molecule has 2 aromatic rings. The molecule has 4 heteroatoms. The fraction of sp³-hybridized carbons (Fsp3) is 0.545. The van der Waals surface area contributed by atoms with E-state index in [4.69, 9.17) is 0 Å². The molecule has 0 unspecified atom stereocenters. The Labute approximate surface area is 154 Å². The Hall–Kier alpha value is -2.10. The number of unbranched alkanes of at least 4 members (excludes halogenated alkanes) is 1. The summed E-state index contributed by atoms with van der Waals surface area (Å²) in [7, 11) is 0. The third-order valence-electron chi connectivity index (χ3n) is 5.74. The number of pyridine rings is 1. The van der Waals surface area contributed by atoms with Gasteiger partial charge in [-0.05, 0) is 68.7 Å². The highest BCUT2D eigenvalue weighted by Crippen LogP contribution is 2.28. The molecule has 1 aromatic heterocycles. The van der Waals surface area contributed by atoms with E-state index in [1.54, 1.807) is 0 Å². The molecule has 0 saturated heterocycles. The van der Waals surface area contributed by atoms with Gasteiger partial charge >= 0.3 is 0 Å². The van der Waals surface area contributed by atoms with Crippen molar-refractivity contribution >= 4 is 16.8 Å². The maximum atomic E-state index is 13.1. The summed E-state index contributed by atoms with van der Waals surface area (Å²) in [4.78, 5) is 25.7. The third kappa shape index (κ3) is 3.29. The van der Waals surface area contributed by atoms with Gasteiger partial charge in [-0.3, -0.25) is 9.59 Å². The highest BCUT2D eigenvalue weighted by molar-refractivity contribution is 5.99. The second-order valence-corrected chi connectivity index (χ2v) is 7.81. The van der Waals surface area contributed by atoms with E-state index in [0.717, 1.165) is 79.9 Å². The Morgan fingerprint density at radius 3 is 2.65 bits per heavy atom. The van der Waals surface area contributed by atoms with Crippen molar-refractivity contribution in [2.75, 3.05) is 0 Å². The summed E-state index contributed by atoms with van der Waals surface area (Å²) in [6.45, 7) is 2.91. The molecule has 2 aliphatic carbocycles. The minimum Gasteiger partial charge on any atom is -0.349 e. The van der Waals surface area contributed by atoms with E-state index in [-0.39, 0.29) is 11.5 Å². The molecule has 0 bridgehead atoms. The van der Waals surface area contributed by atoms with E-state index < -0.39 is 0 Å². The van der Waals surface area contributed by atoms with Gasteiger partial charge in [0, 0.05) is 29.1 Å². The lowest BCUT2D eigenvalue weighted by Gasteiger charge is -2.17. The Bertz CT molecular complexity index is 893. The Kier molecular flexibility index (Phi) is 4.84. The topological polar surface area (TPSA) is 51.1 Å². The lowest BCUT2D eigenvalue weighted by molar-refractivity contribution is 0.0951. The van der Waals surface area contributed by atoms with Crippen molar-refractivity contribution in [1.29, 1.82) is 0 Å². The van der Waals surface area contributed by atoms with Crippen LogP contribution in [0.3, 0.4) is 0 Å². The van der Waals surface area contributed by atoms with E-state index in [1.165, 1.54) is 12.0 Å². The molecule has 0 aliphatic heterocycles. The van der Waals surface area contributed by atoms with Crippen molar-refractivity contribution in [3.05, 3.63) is 45.2 Å². The van der Waals surface area contributed by atoms with Gasteiger partial charge < -0.3 is 9.88 Å². The standard InChI is InChI=1S/C22H28N2O2/c1-2-3-13-24-20-12-9-15(21(25)23-16-10-11-16)14-19(20)17-7-5-4-6-8-18(17)22(24)26/h9,12,14,16H,2-8,10-11,13H2,1H3,(H,23,25). The molecule has 26 heavy (non-hydrogen) atoms. The predicted molar refractivity (Wildman–Crippen MR) is 105 cm³/mol. The molecule has 1 amide bonds. The van der Waals surface area contributed by atoms with Crippen LogP contribution in [-0.2, 0) is 19.4 Å². The molecule has 4 rings (SSSR count). The van der Waals surface area contributed by atoms with Crippen LogP contribution < -0.4 is 10.9 Å².